The fraction of sp³-hybridized carbons (Fsp3) is 0.333. The highest BCUT2D eigenvalue weighted by molar-refractivity contribution is 7.13. The lowest BCUT2D eigenvalue weighted by Gasteiger charge is -2.28. The molecule has 2 aromatic heterocycles. The van der Waals surface area contributed by atoms with E-state index in [-0.39, 0.29) is 11.9 Å². The van der Waals surface area contributed by atoms with Crippen molar-refractivity contribution in [3.63, 3.8) is 0 Å². The highest BCUT2D eigenvalue weighted by Crippen LogP contribution is 2.27. The van der Waals surface area contributed by atoms with Gasteiger partial charge in [-0.2, -0.15) is 5.10 Å². The number of hydrogen-bond acceptors (Lipinski definition) is 4. The Morgan fingerprint density at radius 2 is 1.93 bits per heavy atom. The first-order valence-corrected chi connectivity index (χ1v) is 9.99. The molecule has 142 valence electrons. The van der Waals surface area contributed by atoms with E-state index in [1.54, 1.807) is 16.0 Å². The normalized spacial score (nSPS) is 12.5. The summed E-state index contributed by atoms with van der Waals surface area (Å²) in [7, 11) is 4.09. The number of para-hydroxylation sites is 1. The molecule has 1 atom stereocenters. The Kier molecular flexibility index (Phi) is 6.08. The predicted octanol–water partition coefficient (Wildman–Crippen LogP) is 3.92. The molecule has 2 heterocycles. The molecule has 1 N–H and O–H groups in total. The minimum atomic E-state index is -0.0897. The van der Waals surface area contributed by atoms with Crippen LogP contribution in [0.5, 0.6) is 0 Å². The lowest BCUT2D eigenvalue weighted by Crippen LogP contribution is -2.43. The molecule has 6 heteroatoms. The molecule has 0 aliphatic heterocycles. The van der Waals surface area contributed by atoms with Crippen molar-refractivity contribution in [1.29, 1.82) is 0 Å². The summed E-state index contributed by atoms with van der Waals surface area (Å²) in [4.78, 5) is 16.1. The van der Waals surface area contributed by atoms with Gasteiger partial charge in [-0.05, 0) is 43.6 Å². The van der Waals surface area contributed by atoms with Gasteiger partial charge in [0, 0.05) is 18.8 Å². The summed E-state index contributed by atoms with van der Waals surface area (Å²) in [6, 6.07) is 14.1. The standard InChI is InChI=1S/C21H26N4OS/c1-15(2)18(24(3)4)13-22-21(26)17-14-25(16-9-6-5-7-10-16)23-20(17)19-11-8-12-27-19/h5-12,14-15,18H,13H2,1-4H3,(H,22,26). The van der Waals surface area contributed by atoms with Crippen molar-refractivity contribution >= 4 is 17.2 Å². The van der Waals surface area contributed by atoms with Crippen molar-refractivity contribution in [3.8, 4) is 16.3 Å². The maximum absolute atomic E-state index is 13.0. The van der Waals surface area contributed by atoms with Crippen molar-refractivity contribution in [3.05, 3.63) is 59.6 Å². The van der Waals surface area contributed by atoms with E-state index in [1.165, 1.54) is 0 Å². The van der Waals surface area contributed by atoms with Gasteiger partial charge >= 0.3 is 0 Å². The van der Waals surface area contributed by atoms with E-state index >= 15 is 0 Å². The molecule has 3 rings (SSSR count). The number of carbonyl (C=O) groups excluding carboxylic acids is 1. The molecule has 0 aliphatic rings. The Bertz CT molecular complexity index is 861. The number of nitrogens with zero attached hydrogens (tertiary/aromatic N) is 3. The summed E-state index contributed by atoms with van der Waals surface area (Å²) in [5, 5.41) is 9.80. The monoisotopic (exact) mass is 382 g/mol. The van der Waals surface area contributed by atoms with E-state index in [1.807, 2.05) is 68.1 Å². The van der Waals surface area contributed by atoms with Crippen LogP contribution >= 0.6 is 11.3 Å². The predicted molar refractivity (Wildman–Crippen MR) is 112 cm³/mol. The van der Waals surface area contributed by atoms with Crippen molar-refractivity contribution in [2.45, 2.75) is 19.9 Å². The summed E-state index contributed by atoms with van der Waals surface area (Å²) >= 11 is 1.59. The second kappa shape index (κ2) is 8.50. The van der Waals surface area contributed by atoms with Crippen LogP contribution in [0, 0.1) is 5.92 Å². The second-order valence-electron chi connectivity index (χ2n) is 7.13. The molecular weight excluding hydrogens is 356 g/mol. The van der Waals surface area contributed by atoms with Crippen LogP contribution in [0.4, 0.5) is 0 Å². The smallest absolute Gasteiger partial charge is 0.255 e. The molecular formula is C21H26N4OS. The number of aromatic nitrogens is 2. The zero-order chi connectivity index (χ0) is 19.4. The number of hydrogen-bond donors (Lipinski definition) is 1. The summed E-state index contributed by atoms with van der Waals surface area (Å²) in [5.41, 5.74) is 2.25. The van der Waals surface area contributed by atoms with Crippen molar-refractivity contribution in [1.82, 2.24) is 20.0 Å². The zero-order valence-corrected chi connectivity index (χ0v) is 17.0. The molecule has 0 saturated carbocycles. The highest BCUT2D eigenvalue weighted by Gasteiger charge is 2.22. The second-order valence-corrected chi connectivity index (χ2v) is 8.08. The van der Waals surface area contributed by atoms with Crippen LogP contribution in [0.2, 0.25) is 0 Å². The molecule has 3 aromatic rings. The lowest BCUT2D eigenvalue weighted by atomic mass is 10.0. The van der Waals surface area contributed by atoms with Crippen LogP contribution < -0.4 is 5.32 Å². The summed E-state index contributed by atoms with van der Waals surface area (Å²) in [6.07, 6.45) is 1.82. The molecule has 0 saturated heterocycles. The third-order valence-electron chi connectivity index (χ3n) is 4.64. The number of thiophene rings is 1. The quantitative estimate of drug-likeness (QED) is 0.674. The number of amides is 1. The van der Waals surface area contributed by atoms with E-state index in [2.05, 4.69) is 24.1 Å². The molecule has 5 nitrogen and oxygen atoms in total. The van der Waals surface area contributed by atoms with Gasteiger partial charge in [0.2, 0.25) is 0 Å². The molecule has 1 unspecified atom stereocenters. The lowest BCUT2D eigenvalue weighted by molar-refractivity contribution is 0.0935. The molecule has 0 fully saturated rings. The van der Waals surface area contributed by atoms with Gasteiger partial charge in [-0.1, -0.05) is 38.1 Å². The maximum atomic E-state index is 13.0. The van der Waals surface area contributed by atoms with Crippen LogP contribution in [0.1, 0.15) is 24.2 Å². The fourth-order valence-corrected chi connectivity index (χ4v) is 3.88. The Morgan fingerprint density at radius 3 is 2.52 bits per heavy atom. The van der Waals surface area contributed by atoms with Crippen LogP contribution in [-0.2, 0) is 0 Å². The Labute approximate surface area is 164 Å². The first-order chi connectivity index (χ1) is 13.0. The van der Waals surface area contributed by atoms with E-state index in [0.29, 0.717) is 18.0 Å². The molecule has 1 aromatic carbocycles. The van der Waals surface area contributed by atoms with Gasteiger partial charge in [-0.3, -0.25) is 4.79 Å². The number of rotatable bonds is 7. The summed E-state index contributed by atoms with van der Waals surface area (Å²) < 4.78 is 1.77. The molecule has 0 spiro atoms. The van der Waals surface area contributed by atoms with E-state index in [4.69, 9.17) is 5.10 Å². The number of nitrogens with one attached hydrogen (secondary N) is 1. The molecule has 27 heavy (non-hydrogen) atoms. The summed E-state index contributed by atoms with van der Waals surface area (Å²) in [6.45, 7) is 4.94. The topological polar surface area (TPSA) is 50.2 Å². The third kappa shape index (κ3) is 4.46. The minimum absolute atomic E-state index is 0.0897. The van der Waals surface area contributed by atoms with E-state index in [0.717, 1.165) is 16.3 Å². The Morgan fingerprint density at radius 1 is 1.19 bits per heavy atom. The van der Waals surface area contributed by atoms with E-state index < -0.39 is 0 Å². The van der Waals surface area contributed by atoms with Gasteiger partial charge in [0.05, 0.1) is 16.1 Å². The number of benzene rings is 1. The average Bonchev–Trinajstić information content (AvgIpc) is 3.31. The maximum Gasteiger partial charge on any atom is 0.255 e. The van der Waals surface area contributed by atoms with Gasteiger partial charge in [-0.15, -0.1) is 11.3 Å². The minimum Gasteiger partial charge on any atom is -0.350 e. The van der Waals surface area contributed by atoms with Gasteiger partial charge in [0.25, 0.3) is 5.91 Å². The number of carbonyl (C=O) groups is 1. The third-order valence-corrected chi connectivity index (χ3v) is 5.52. The van der Waals surface area contributed by atoms with Crippen LogP contribution in [0.3, 0.4) is 0 Å². The molecule has 1 amide bonds. The molecule has 0 bridgehead atoms. The first kappa shape index (κ1) is 19.3. The van der Waals surface area contributed by atoms with Gasteiger partial charge in [-0.25, -0.2) is 4.68 Å². The molecule has 0 radical (unpaired) electrons. The van der Waals surface area contributed by atoms with Gasteiger partial charge in [0.15, 0.2) is 0 Å². The fourth-order valence-electron chi connectivity index (χ4n) is 3.16. The van der Waals surface area contributed by atoms with Crippen LogP contribution in [0.15, 0.2) is 54.0 Å². The van der Waals surface area contributed by atoms with Crippen molar-refractivity contribution < 1.29 is 4.79 Å². The van der Waals surface area contributed by atoms with E-state index in [9.17, 15) is 4.79 Å². The largest absolute Gasteiger partial charge is 0.350 e. The Balaban J connectivity index is 1.89. The first-order valence-electron chi connectivity index (χ1n) is 9.11. The highest BCUT2D eigenvalue weighted by atomic mass is 32.1. The van der Waals surface area contributed by atoms with Gasteiger partial charge < -0.3 is 10.2 Å². The molecule has 0 aliphatic carbocycles. The van der Waals surface area contributed by atoms with Gasteiger partial charge in [0.1, 0.15) is 5.69 Å². The number of likely N-dealkylation sites (N-methyl/N-ethyl adjacent to an activating group) is 1. The average molecular weight is 383 g/mol. The van der Waals surface area contributed by atoms with Crippen molar-refractivity contribution in [2.24, 2.45) is 5.92 Å². The SMILES string of the molecule is CC(C)C(CNC(=O)c1cn(-c2ccccc2)nc1-c1cccs1)N(C)C. The zero-order valence-electron chi connectivity index (χ0n) is 16.2. The summed E-state index contributed by atoms with van der Waals surface area (Å²) in [5.74, 6) is 0.359. The van der Waals surface area contributed by atoms with Crippen molar-refractivity contribution in [2.75, 3.05) is 20.6 Å². The Hall–Kier alpha value is -2.44. The van der Waals surface area contributed by atoms with Crippen LogP contribution in [-0.4, -0.2) is 47.3 Å². The van der Waals surface area contributed by atoms with Crippen LogP contribution in [0.25, 0.3) is 16.3 Å².